The van der Waals surface area contributed by atoms with E-state index in [0.717, 1.165) is 6.42 Å². The normalized spacial score (nSPS) is 22.0. The van der Waals surface area contributed by atoms with Crippen LogP contribution in [0.1, 0.15) is 45.1 Å². The first-order valence-corrected chi connectivity index (χ1v) is 6.94. The lowest BCUT2D eigenvalue weighted by atomic mass is 9.70. The van der Waals surface area contributed by atoms with Crippen LogP contribution in [0.2, 0.25) is 0 Å². The molecule has 3 N–H and O–H groups in total. The molecule has 1 aromatic rings. The molecule has 0 bridgehead atoms. The first-order valence-electron chi connectivity index (χ1n) is 6.94. The number of aromatic nitrogens is 2. The summed E-state index contributed by atoms with van der Waals surface area (Å²) in [5, 5.41) is 4.22. The number of hydrazine groups is 1. The smallest absolute Gasteiger partial charge is 0.0522 e. The van der Waals surface area contributed by atoms with E-state index in [9.17, 15) is 0 Å². The minimum atomic E-state index is 0.380. The van der Waals surface area contributed by atoms with Crippen LogP contribution in [-0.4, -0.2) is 15.8 Å². The van der Waals surface area contributed by atoms with Crippen LogP contribution in [0.4, 0.5) is 0 Å². The van der Waals surface area contributed by atoms with Gasteiger partial charge in [-0.25, -0.2) is 0 Å². The van der Waals surface area contributed by atoms with E-state index in [1.54, 1.807) is 0 Å². The van der Waals surface area contributed by atoms with Crippen molar-refractivity contribution >= 4 is 0 Å². The molecule has 1 unspecified atom stereocenters. The van der Waals surface area contributed by atoms with Gasteiger partial charge in [0.2, 0.25) is 0 Å². The van der Waals surface area contributed by atoms with Crippen molar-refractivity contribution in [2.24, 2.45) is 24.2 Å². The van der Waals surface area contributed by atoms with Gasteiger partial charge in [0.15, 0.2) is 0 Å². The molecule has 18 heavy (non-hydrogen) atoms. The van der Waals surface area contributed by atoms with E-state index >= 15 is 0 Å². The van der Waals surface area contributed by atoms with Gasteiger partial charge in [0.05, 0.1) is 6.20 Å². The summed E-state index contributed by atoms with van der Waals surface area (Å²) >= 11 is 0. The van der Waals surface area contributed by atoms with Gasteiger partial charge >= 0.3 is 0 Å². The summed E-state index contributed by atoms with van der Waals surface area (Å²) in [6, 6.07) is 0.380. The fourth-order valence-corrected chi connectivity index (χ4v) is 3.02. The molecule has 1 heterocycles. The van der Waals surface area contributed by atoms with Gasteiger partial charge in [-0.05, 0) is 49.0 Å². The number of nitrogens with two attached hydrogens (primary N) is 1. The number of hydrogen-bond donors (Lipinski definition) is 2. The number of hydrogen-bond acceptors (Lipinski definition) is 3. The molecule has 4 nitrogen and oxygen atoms in total. The summed E-state index contributed by atoms with van der Waals surface area (Å²) in [6.07, 6.45) is 10.2. The summed E-state index contributed by atoms with van der Waals surface area (Å²) in [7, 11) is 1.96. The highest BCUT2D eigenvalue weighted by Gasteiger charge is 2.31. The van der Waals surface area contributed by atoms with E-state index in [-0.39, 0.29) is 0 Å². The summed E-state index contributed by atoms with van der Waals surface area (Å²) in [6.45, 7) is 4.74. The maximum absolute atomic E-state index is 5.75. The van der Waals surface area contributed by atoms with Crippen LogP contribution in [0.5, 0.6) is 0 Å². The quantitative estimate of drug-likeness (QED) is 0.635. The van der Waals surface area contributed by atoms with E-state index in [1.165, 1.54) is 31.2 Å². The average molecular weight is 250 g/mol. The summed E-state index contributed by atoms with van der Waals surface area (Å²) in [4.78, 5) is 0. The lowest BCUT2D eigenvalue weighted by Gasteiger charge is -2.37. The average Bonchev–Trinajstić information content (AvgIpc) is 2.72. The van der Waals surface area contributed by atoms with E-state index in [4.69, 9.17) is 5.84 Å². The number of nitrogens with one attached hydrogen (secondary N) is 1. The van der Waals surface area contributed by atoms with Crippen LogP contribution in [0.15, 0.2) is 12.4 Å². The molecule has 1 aliphatic rings. The Balaban J connectivity index is 1.93. The molecule has 1 saturated carbocycles. The zero-order valence-corrected chi connectivity index (χ0v) is 11.8. The molecular weight excluding hydrogens is 224 g/mol. The topological polar surface area (TPSA) is 55.9 Å². The highest BCUT2D eigenvalue weighted by atomic mass is 15.2. The van der Waals surface area contributed by atoms with Gasteiger partial charge in [0, 0.05) is 19.3 Å². The Hall–Kier alpha value is -0.870. The van der Waals surface area contributed by atoms with Crippen LogP contribution >= 0.6 is 0 Å². The molecule has 0 aliphatic heterocycles. The molecule has 0 spiro atoms. The number of nitrogens with zero attached hydrogens (tertiary/aromatic N) is 2. The molecule has 0 aromatic carbocycles. The van der Waals surface area contributed by atoms with Crippen molar-refractivity contribution in [1.82, 2.24) is 15.2 Å². The van der Waals surface area contributed by atoms with Crippen molar-refractivity contribution in [2.75, 3.05) is 0 Å². The molecule has 1 atom stereocenters. The summed E-state index contributed by atoms with van der Waals surface area (Å²) < 4.78 is 1.85. The molecule has 0 amide bonds. The highest BCUT2D eigenvalue weighted by Crippen LogP contribution is 2.39. The number of rotatable bonds is 4. The van der Waals surface area contributed by atoms with Gasteiger partial charge in [-0.1, -0.05) is 13.8 Å². The van der Waals surface area contributed by atoms with E-state index in [0.29, 0.717) is 17.4 Å². The second-order valence-corrected chi connectivity index (χ2v) is 6.50. The third-order valence-corrected chi connectivity index (χ3v) is 4.38. The number of aryl methyl sites for hydroxylation is 1. The monoisotopic (exact) mass is 250 g/mol. The fourth-order valence-electron chi connectivity index (χ4n) is 3.02. The Morgan fingerprint density at radius 3 is 2.67 bits per heavy atom. The van der Waals surface area contributed by atoms with Gasteiger partial charge in [0.1, 0.15) is 0 Å². The first-order chi connectivity index (χ1) is 8.50. The maximum atomic E-state index is 5.75. The van der Waals surface area contributed by atoms with Gasteiger partial charge in [-0.2, -0.15) is 5.10 Å². The van der Waals surface area contributed by atoms with E-state index in [2.05, 4.69) is 30.6 Å². The maximum Gasteiger partial charge on any atom is 0.0522 e. The van der Waals surface area contributed by atoms with Gasteiger partial charge in [-0.15, -0.1) is 0 Å². The lowest BCUT2D eigenvalue weighted by molar-refractivity contribution is 0.161. The van der Waals surface area contributed by atoms with Crippen LogP contribution in [0, 0.1) is 11.3 Å². The summed E-state index contributed by atoms with van der Waals surface area (Å²) in [5.41, 5.74) is 4.81. The minimum absolute atomic E-state index is 0.380. The Morgan fingerprint density at radius 1 is 1.50 bits per heavy atom. The van der Waals surface area contributed by atoms with Crippen LogP contribution in [0.25, 0.3) is 0 Å². The Morgan fingerprint density at radius 2 is 2.17 bits per heavy atom. The van der Waals surface area contributed by atoms with Gasteiger partial charge < -0.3 is 0 Å². The third kappa shape index (κ3) is 3.33. The highest BCUT2D eigenvalue weighted by molar-refractivity contribution is 5.06. The second kappa shape index (κ2) is 5.41. The molecule has 1 fully saturated rings. The molecule has 2 rings (SSSR count). The zero-order chi connectivity index (χ0) is 13.2. The van der Waals surface area contributed by atoms with Crippen molar-refractivity contribution < 1.29 is 0 Å². The Kier molecular flexibility index (Phi) is 4.07. The second-order valence-electron chi connectivity index (χ2n) is 6.50. The Bertz CT molecular complexity index is 373. The predicted molar refractivity (Wildman–Crippen MR) is 73.8 cm³/mol. The van der Waals surface area contributed by atoms with Crippen molar-refractivity contribution in [3.8, 4) is 0 Å². The van der Waals surface area contributed by atoms with Gasteiger partial charge in [0.25, 0.3) is 0 Å². The zero-order valence-electron chi connectivity index (χ0n) is 11.8. The molecule has 0 radical (unpaired) electrons. The first kappa shape index (κ1) is 13.6. The lowest BCUT2D eigenvalue weighted by Crippen LogP contribution is -2.44. The van der Waals surface area contributed by atoms with Crippen molar-refractivity contribution in [2.45, 2.75) is 52.0 Å². The predicted octanol–water partition coefficient (Wildman–Crippen LogP) is 2.01. The van der Waals surface area contributed by atoms with E-state index < -0.39 is 0 Å². The van der Waals surface area contributed by atoms with Crippen LogP contribution in [-0.2, 0) is 13.5 Å². The van der Waals surface area contributed by atoms with Gasteiger partial charge in [-0.3, -0.25) is 16.0 Å². The molecule has 4 heteroatoms. The minimum Gasteiger partial charge on any atom is -0.276 e. The Labute approximate surface area is 110 Å². The molecule has 0 saturated heterocycles. The fraction of sp³-hybridized carbons (Fsp3) is 0.786. The van der Waals surface area contributed by atoms with Crippen molar-refractivity contribution in [3.05, 3.63) is 18.0 Å². The largest absolute Gasteiger partial charge is 0.276 e. The molecule has 1 aliphatic carbocycles. The molecule has 1 aromatic heterocycles. The van der Waals surface area contributed by atoms with Crippen LogP contribution < -0.4 is 11.3 Å². The summed E-state index contributed by atoms with van der Waals surface area (Å²) in [5.74, 6) is 6.45. The third-order valence-electron chi connectivity index (χ3n) is 4.38. The van der Waals surface area contributed by atoms with Crippen molar-refractivity contribution in [1.29, 1.82) is 0 Å². The van der Waals surface area contributed by atoms with E-state index in [1.807, 2.05) is 17.9 Å². The van der Waals surface area contributed by atoms with Crippen LogP contribution in [0.3, 0.4) is 0 Å². The SMILES string of the molecule is Cn1cc(CC(NN)C2CCC(C)(C)CC2)cn1. The molecular formula is C14H26N4. The molecule has 102 valence electrons. The standard InChI is InChI=1S/C14H26N4/c1-14(2)6-4-12(5-7-14)13(17-15)8-11-9-16-18(3)10-11/h9-10,12-13,17H,4-8,15H2,1-3H3. The van der Waals surface area contributed by atoms with Crippen molar-refractivity contribution in [3.63, 3.8) is 0 Å².